The van der Waals surface area contributed by atoms with Gasteiger partial charge in [-0.2, -0.15) is 9.40 Å². The third-order valence-corrected chi connectivity index (χ3v) is 5.05. The maximum atomic E-state index is 12.4. The summed E-state index contributed by atoms with van der Waals surface area (Å²) >= 11 is 0. The standard InChI is InChI=1S/C11H20N4O2S/c1-2-15(10-4-5-10)18(16,17)11-8-13-14(9-11)7-3-6-12/h8-10H,2-7,12H2,1H3. The van der Waals surface area contributed by atoms with Gasteiger partial charge in [0.1, 0.15) is 4.90 Å². The topological polar surface area (TPSA) is 81.2 Å². The molecule has 2 rings (SSSR count). The number of nitrogens with two attached hydrogens (primary N) is 1. The van der Waals surface area contributed by atoms with Crippen molar-refractivity contribution in [2.45, 2.75) is 43.7 Å². The third-order valence-electron chi connectivity index (χ3n) is 3.07. The van der Waals surface area contributed by atoms with Gasteiger partial charge >= 0.3 is 0 Å². The molecule has 0 atom stereocenters. The molecule has 1 aliphatic rings. The molecule has 6 nitrogen and oxygen atoms in total. The molecule has 18 heavy (non-hydrogen) atoms. The molecule has 0 radical (unpaired) electrons. The molecule has 7 heteroatoms. The van der Waals surface area contributed by atoms with Gasteiger partial charge in [0, 0.05) is 25.3 Å². The normalized spacial score (nSPS) is 16.4. The molecule has 0 aromatic carbocycles. The van der Waals surface area contributed by atoms with Crippen molar-refractivity contribution in [3.8, 4) is 0 Å². The van der Waals surface area contributed by atoms with Crippen molar-refractivity contribution in [3.05, 3.63) is 12.4 Å². The van der Waals surface area contributed by atoms with E-state index in [0.29, 0.717) is 19.6 Å². The van der Waals surface area contributed by atoms with Gasteiger partial charge in [-0.25, -0.2) is 8.42 Å². The number of hydrogen-bond acceptors (Lipinski definition) is 4. The smallest absolute Gasteiger partial charge is 0.246 e. The van der Waals surface area contributed by atoms with Crippen LogP contribution >= 0.6 is 0 Å². The molecule has 1 heterocycles. The van der Waals surface area contributed by atoms with Crippen LogP contribution in [0.2, 0.25) is 0 Å². The van der Waals surface area contributed by atoms with Crippen molar-refractivity contribution in [1.29, 1.82) is 0 Å². The first-order chi connectivity index (χ1) is 8.59. The van der Waals surface area contributed by atoms with Gasteiger partial charge in [0.15, 0.2) is 0 Å². The van der Waals surface area contributed by atoms with Crippen molar-refractivity contribution in [1.82, 2.24) is 14.1 Å². The Kier molecular flexibility index (Phi) is 4.04. The van der Waals surface area contributed by atoms with Gasteiger partial charge < -0.3 is 5.73 Å². The quantitative estimate of drug-likeness (QED) is 0.779. The largest absolute Gasteiger partial charge is 0.330 e. The van der Waals surface area contributed by atoms with Crippen LogP contribution in [0.1, 0.15) is 26.2 Å². The summed E-state index contributed by atoms with van der Waals surface area (Å²) < 4.78 is 28.0. The molecule has 1 saturated carbocycles. The fraction of sp³-hybridized carbons (Fsp3) is 0.727. The molecule has 0 saturated heterocycles. The Labute approximate surface area is 108 Å². The fourth-order valence-corrected chi connectivity index (χ4v) is 3.62. The monoisotopic (exact) mass is 272 g/mol. The first kappa shape index (κ1) is 13.5. The van der Waals surface area contributed by atoms with E-state index >= 15 is 0 Å². The zero-order valence-electron chi connectivity index (χ0n) is 10.6. The Hall–Kier alpha value is -0.920. The lowest BCUT2D eigenvalue weighted by Gasteiger charge is -2.18. The summed E-state index contributed by atoms with van der Waals surface area (Å²) in [6.45, 7) is 3.61. The van der Waals surface area contributed by atoms with Gasteiger partial charge in [-0.05, 0) is 25.8 Å². The van der Waals surface area contributed by atoms with Gasteiger partial charge in [0.25, 0.3) is 0 Å². The Bertz CT molecular complexity index is 493. The van der Waals surface area contributed by atoms with Crippen LogP contribution in [0, 0.1) is 0 Å². The van der Waals surface area contributed by atoms with E-state index in [1.165, 1.54) is 6.20 Å². The SMILES string of the molecule is CCN(C1CC1)S(=O)(=O)c1cnn(CCCN)c1. The van der Waals surface area contributed by atoms with Crippen LogP contribution in [0.15, 0.2) is 17.3 Å². The summed E-state index contributed by atoms with van der Waals surface area (Å²) in [5.41, 5.74) is 5.42. The highest BCUT2D eigenvalue weighted by Crippen LogP contribution is 2.31. The summed E-state index contributed by atoms with van der Waals surface area (Å²) in [4.78, 5) is 0.285. The lowest BCUT2D eigenvalue weighted by Crippen LogP contribution is -2.32. The molecule has 1 fully saturated rings. The van der Waals surface area contributed by atoms with Gasteiger partial charge in [-0.1, -0.05) is 6.92 Å². The lowest BCUT2D eigenvalue weighted by atomic mass is 10.4. The van der Waals surface area contributed by atoms with Crippen molar-refractivity contribution in [3.63, 3.8) is 0 Å². The summed E-state index contributed by atoms with van der Waals surface area (Å²) in [7, 11) is -3.37. The van der Waals surface area contributed by atoms with E-state index in [1.54, 1.807) is 15.2 Å². The van der Waals surface area contributed by atoms with Crippen LogP contribution in [0.3, 0.4) is 0 Å². The predicted octanol–water partition coefficient (Wildman–Crippen LogP) is 0.405. The van der Waals surface area contributed by atoms with E-state index in [2.05, 4.69) is 5.10 Å². The number of hydrogen-bond donors (Lipinski definition) is 1. The zero-order valence-corrected chi connectivity index (χ0v) is 11.4. The van der Waals surface area contributed by atoms with Crippen LogP contribution in [-0.2, 0) is 16.6 Å². The molecule has 2 N–H and O–H groups in total. The second-order valence-electron chi connectivity index (χ2n) is 4.52. The highest BCUT2D eigenvalue weighted by Gasteiger charge is 2.37. The first-order valence-corrected chi connectivity index (χ1v) is 7.78. The van der Waals surface area contributed by atoms with Crippen molar-refractivity contribution in [2.75, 3.05) is 13.1 Å². The molecule has 0 spiro atoms. The molecule has 1 aliphatic carbocycles. The fourth-order valence-electron chi connectivity index (χ4n) is 1.98. The Balaban J connectivity index is 2.15. The number of aromatic nitrogens is 2. The van der Waals surface area contributed by atoms with E-state index in [1.807, 2.05) is 6.92 Å². The van der Waals surface area contributed by atoms with Crippen molar-refractivity contribution >= 4 is 10.0 Å². The highest BCUT2D eigenvalue weighted by molar-refractivity contribution is 7.89. The second kappa shape index (κ2) is 5.38. The van der Waals surface area contributed by atoms with Gasteiger partial charge in [0.05, 0.1) is 6.20 Å². The van der Waals surface area contributed by atoms with Gasteiger partial charge in [-0.15, -0.1) is 0 Å². The van der Waals surface area contributed by atoms with Crippen molar-refractivity contribution in [2.24, 2.45) is 5.73 Å². The maximum absolute atomic E-state index is 12.4. The molecule has 1 aromatic rings. The van der Waals surface area contributed by atoms with E-state index in [0.717, 1.165) is 19.3 Å². The number of rotatable bonds is 7. The maximum Gasteiger partial charge on any atom is 0.246 e. The molecular formula is C11H20N4O2S. The molecule has 0 amide bonds. The minimum absolute atomic E-state index is 0.187. The van der Waals surface area contributed by atoms with Crippen LogP contribution < -0.4 is 5.73 Å². The van der Waals surface area contributed by atoms with E-state index in [9.17, 15) is 8.42 Å². The Morgan fingerprint density at radius 1 is 1.56 bits per heavy atom. The summed E-state index contributed by atoms with van der Waals surface area (Å²) in [5.74, 6) is 0. The van der Waals surface area contributed by atoms with Gasteiger partial charge in [-0.3, -0.25) is 4.68 Å². The molecular weight excluding hydrogens is 252 g/mol. The zero-order chi connectivity index (χ0) is 13.2. The number of aryl methyl sites for hydroxylation is 1. The van der Waals surface area contributed by atoms with Crippen LogP contribution in [-0.4, -0.2) is 41.6 Å². The number of nitrogens with zero attached hydrogens (tertiary/aromatic N) is 3. The molecule has 1 aromatic heterocycles. The third kappa shape index (κ3) is 2.73. The predicted molar refractivity (Wildman–Crippen MR) is 68.5 cm³/mol. The Morgan fingerprint density at radius 2 is 2.28 bits per heavy atom. The van der Waals surface area contributed by atoms with Crippen LogP contribution in [0.25, 0.3) is 0 Å². The van der Waals surface area contributed by atoms with E-state index < -0.39 is 10.0 Å². The Morgan fingerprint density at radius 3 is 2.83 bits per heavy atom. The average Bonchev–Trinajstić information content (AvgIpc) is 3.04. The molecule has 0 unspecified atom stereocenters. The first-order valence-electron chi connectivity index (χ1n) is 6.34. The second-order valence-corrected chi connectivity index (χ2v) is 6.41. The van der Waals surface area contributed by atoms with E-state index in [4.69, 9.17) is 5.73 Å². The minimum atomic E-state index is -3.37. The molecule has 0 bridgehead atoms. The van der Waals surface area contributed by atoms with Crippen LogP contribution in [0.4, 0.5) is 0 Å². The summed E-state index contributed by atoms with van der Waals surface area (Å²) in [6, 6.07) is 0.187. The number of sulfonamides is 1. The minimum Gasteiger partial charge on any atom is -0.330 e. The average molecular weight is 272 g/mol. The summed E-state index contributed by atoms with van der Waals surface area (Å²) in [6.07, 6.45) is 5.75. The lowest BCUT2D eigenvalue weighted by molar-refractivity contribution is 0.421. The van der Waals surface area contributed by atoms with E-state index in [-0.39, 0.29) is 10.9 Å². The van der Waals surface area contributed by atoms with Crippen molar-refractivity contribution < 1.29 is 8.42 Å². The van der Waals surface area contributed by atoms with Gasteiger partial charge in [0.2, 0.25) is 10.0 Å². The summed E-state index contributed by atoms with van der Waals surface area (Å²) in [5, 5.41) is 4.07. The molecule has 0 aliphatic heterocycles. The molecule has 102 valence electrons. The van der Waals surface area contributed by atoms with Crippen LogP contribution in [0.5, 0.6) is 0 Å². The highest BCUT2D eigenvalue weighted by atomic mass is 32.2.